The van der Waals surface area contributed by atoms with Crippen LogP contribution in [0.2, 0.25) is 0 Å². The van der Waals surface area contributed by atoms with Gasteiger partial charge in [0.1, 0.15) is 5.78 Å². The Bertz CT molecular complexity index is 424. The van der Waals surface area contributed by atoms with Crippen molar-refractivity contribution in [2.75, 3.05) is 0 Å². The summed E-state index contributed by atoms with van der Waals surface area (Å²) in [5, 5.41) is 4.40. The lowest BCUT2D eigenvalue weighted by atomic mass is 9.71. The Hall–Kier alpha value is -1.16. The van der Waals surface area contributed by atoms with Gasteiger partial charge in [-0.2, -0.15) is 5.10 Å². The number of nitrogens with two attached hydrogens (primary N) is 1. The molecule has 4 nitrogen and oxygen atoms in total. The van der Waals surface area contributed by atoms with Crippen molar-refractivity contribution in [1.82, 2.24) is 9.78 Å². The summed E-state index contributed by atoms with van der Waals surface area (Å²) in [6.07, 6.45) is 2.25. The standard InChI is InChI=1S/C14H25N3O/c1-10(2)17-8-7-11(16-17)9-12(18)13(3,4)14(5,6)15/h7-8,10H,9,15H2,1-6H3. The zero-order chi connectivity index (χ0) is 14.1. The maximum Gasteiger partial charge on any atom is 0.146 e. The molecule has 0 aliphatic heterocycles. The molecule has 2 N–H and O–H groups in total. The fourth-order valence-electron chi connectivity index (χ4n) is 1.50. The van der Waals surface area contributed by atoms with E-state index in [1.165, 1.54) is 0 Å². The highest BCUT2D eigenvalue weighted by Crippen LogP contribution is 2.30. The van der Waals surface area contributed by atoms with Gasteiger partial charge in [0.15, 0.2) is 0 Å². The van der Waals surface area contributed by atoms with Crippen molar-refractivity contribution in [2.45, 2.75) is 59.5 Å². The second kappa shape index (κ2) is 4.84. The summed E-state index contributed by atoms with van der Waals surface area (Å²) in [6.45, 7) is 11.7. The number of ketones is 1. The molecule has 0 spiro atoms. The van der Waals surface area contributed by atoms with Crippen LogP contribution in [-0.2, 0) is 11.2 Å². The third-order valence-corrected chi connectivity index (χ3v) is 3.84. The third kappa shape index (κ3) is 2.99. The lowest BCUT2D eigenvalue weighted by Gasteiger charge is -2.36. The van der Waals surface area contributed by atoms with Gasteiger partial charge in [-0.15, -0.1) is 0 Å². The molecule has 1 aromatic heterocycles. The van der Waals surface area contributed by atoms with Gasteiger partial charge in [-0.3, -0.25) is 9.48 Å². The average Bonchev–Trinajstić information content (AvgIpc) is 2.64. The molecule has 0 unspecified atom stereocenters. The number of Topliss-reactive ketones (excluding diaryl/α,β-unsaturated/α-hetero) is 1. The van der Waals surface area contributed by atoms with Crippen LogP contribution in [0.3, 0.4) is 0 Å². The van der Waals surface area contributed by atoms with Gasteiger partial charge < -0.3 is 5.73 Å². The molecule has 1 rings (SSSR count). The molecule has 0 aliphatic rings. The van der Waals surface area contributed by atoms with E-state index in [2.05, 4.69) is 18.9 Å². The van der Waals surface area contributed by atoms with Crippen LogP contribution < -0.4 is 5.73 Å². The van der Waals surface area contributed by atoms with E-state index >= 15 is 0 Å². The molecule has 0 aliphatic carbocycles. The van der Waals surface area contributed by atoms with Crippen LogP contribution in [0, 0.1) is 5.41 Å². The van der Waals surface area contributed by atoms with Gasteiger partial charge >= 0.3 is 0 Å². The molecule has 0 atom stereocenters. The van der Waals surface area contributed by atoms with Crippen molar-refractivity contribution in [3.05, 3.63) is 18.0 Å². The minimum atomic E-state index is -0.561. The Morgan fingerprint density at radius 1 is 1.39 bits per heavy atom. The monoisotopic (exact) mass is 251 g/mol. The molecule has 102 valence electrons. The summed E-state index contributed by atoms with van der Waals surface area (Å²) in [5.41, 5.74) is 5.79. The van der Waals surface area contributed by atoms with E-state index in [1.54, 1.807) is 0 Å². The summed E-state index contributed by atoms with van der Waals surface area (Å²) < 4.78 is 1.86. The molecule has 0 saturated heterocycles. The molecule has 4 heteroatoms. The van der Waals surface area contributed by atoms with Crippen molar-refractivity contribution >= 4 is 5.78 Å². The van der Waals surface area contributed by atoms with Gasteiger partial charge in [-0.05, 0) is 33.8 Å². The lowest BCUT2D eigenvalue weighted by Crippen LogP contribution is -2.52. The van der Waals surface area contributed by atoms with E-state index in [4.69, 9.17) is 5.73 Å². The number of nitrogens with zero attached hydrogens (tertiary/aromatic N) is 2. The maximum atomic E-state index is 12.3. The SMILES string of the molecule is CC(C)n1ccc(CC(=O)C(C)(C)C(C)(C)N)n1. The Balaban J connectivity index is 2.82. The molecule has 1 heterocycles. The van der Waals surface area contributed by atoms with E-state index in [-0.39, 0.29) is 5.78 Å². The van der Waals surface area contributed by atoms with E-state index in [1.807, 2.05) is 44.6 Å². The Morgan fingerprint density at radius 3 is 2.33 bits per heavy atom. The first-order chi connectivity index (χ1) is 8.05. The molecule has 0 radical (unpaired) electrons. The summed E-state index contributed by atoms with van der Waals surface area (Å²) in [6, 6.07) is 2.21. The van der Waals surface area contributed by atoms with Gasteiger partial charge in [-0.1, -0.05) is 13.8 Å². The summed E-state index contributed by atoms with van der Waals surface area (Å²) in [4.78, 5) is 12.3. The normalized spacial score (nSPS) is 13.1. The third-order valence-electron chi connectivity index (χ3n) is 3.84. The van der Waals surface area contributed by atoms with E-state index < -0.39 is 11.0 Å². The van der Waals surface area contributed by atoms with E-state index in [0.29, 0.717) is 12.5 Å². The molecule has 0 saturated carbocycles. The summed E-state index contributed by atoms with van der Waals surface area (Å²) >= 11 is 0. The van der Waals surface area contributed by atoms with Crippen LogP contribution in [0.15, 0.2) is 12.3 Å². The fourth-order valence-corrected chi connectivity index (χ4v) is 1.50. The van der Waals surface area contributed by atoms with Gasteiger partial charge in [-0.25, -0.2) is 0 Å². The molecule has 0 amide bonds. The molecule has 0 aromatic carbocycles. The van der Waals surface area contributed by atoms with E-state index in [0.717, 1.165) is 5.69 Å². The predicted molar refractivity (Wildman–Crippen MR) is 73.4 cm³/mol. The highest BCUT2D eigenvalue weighted by Gasteiger charge is 2.39. The van der Waals surface area contributed by atoms with Gasteiger partial charge in [0.25, 0.3) is 0 Å². The minimum absolute atomic E-state index is 0.129. The van der Waals surface area contributed by atoms with Crippen molar-refractivity contribution in [3.63, 3.8) is 0 Å². The zero-order valence-electron chi connectivity index (χ0n) is 12.3. The van der Waals surface area contributed by atoms with Crippen LogP contribution in [0.25, 0.3) is 0 Å². The maximum absolute atomic E-state index is 12.3. The van der Waals surface area contributed by atoms with Crippen molar-refractivity contribution in [1.29, 1.82) is 0 Å². The van der Waals surface area contributed by atoms with Crippen molar-refractivity contribution < 1.29 is 4.79 Å². The molecular weight excluding hydrogens is 226 g/mol. The number of carbonyl (C=O) groups excluding carboxylic acids is 1. The quantitative estimate of drug-likeness (QED) is 0.873. The number of rotatable bonds is 5. The van der Waals surface area contributed by atoms with Crippen LogP contribution in [0.1, 0.15) is 53.3 Å². The second-order valence-electron chi connectivity index (χ2n) is 6.33. The summed E-state index contributed by atoms with van der Waals surface area (Å²) in [5.74, 6) is 0.129. The first-order valence-electron chi connectivity index (χ1n) is 6.42. The lowest BCUT2D eigenvalue weighted by molar-refractivity contribution is -0.129. The Morgan fingerprint density at radius 2 is 1.94 bits per heavy atom. The highest BCUT2D eigenvalue weighted by molar-refractivity contribution is 5.87. The number of hydrogen-bond acceptors (Lipinski definition) is 3. The second-order valence-corrected chi connectivity index (χ2v) is 6.33. The Labute approximate surface area is 110 Å². The van der Waals surface area contributed by atoms with E-state index in [9.17, 15) is 4.79 Å². The summed E-state index contributed by atoms with van der Waals surface area (Å²) in [7, 11) is 0. The topological polar surface area (TPSA) is 60.9 Å². The Kier molecular flexibility index (Phi) is 4.01. The minimum Gasteiger partial charge on any atom is -0.325 e. The number of carbonyl (C=O) groups is 1. The van der Waals surface area contributed by atoms with Crippen LogP contribution in [0.5, 0.6) is 0 Å². The largest absolute Gasteiger partial charge is 0.325 e. The van der Waals surface area contributed by atoms with Crippen molar-refractivity contribution in [2.24, 2.45) is 11.1 Å². The van der Waals surface area contributed by atoms with Gasteiger partial charge in [0, 0.05) is 23.2 Å². The average molecular weight is 251 g/mol. The molecule has 18 heavy (non-hydrogen) atoms. The molecule has 1 aromatic rings. The fraction of sp³-hybridized carbons (Fsp3) is 0.714. The van der Waals surface area contributed by atoms with Crippen LogP contribution in [0.4, 0.5) is 0 Å². The first kappa shape index (κ1) is 14.9. The number of hydrogen-bond donors (Lipinski definition) is 1. The molecule has 0 fully saturated rings. The van der Waals surface area contributed by atoms with Gasteiger partial charge in [0.05, 0.1) is 12.1 Å². The predicted octanol–water partition coefficient (Wildman–Crippen LogP) is 2.34. The molecule has 0 bridgehead atoms. The van der Waals surface area contributed by atoms with Crippen LogP contribution >= 0.6 is 0 Å². The zero-order valence-corrected chi connectivity index (χ0v) is 12.3. The highest BCUT2D eigenvalue weighted by atomic mass is 16.1. The van der Waals surface area contributed by atoms with Gasteiger partial charge in [0.2, 0.25) is 0 Å². The molecular formula is C14H25N3O. The smallest absolute Gasteiger partial charge is 0.146 e. The first-order valence-corrected chi connectivity index (χ1v) is 6.42. The van der Waals surface area contributed by atoms with Crippen LogP contribution in [-0.4, -0.2) is 21.1 Å². The van der Waals surface area contributed by atoms with Crippen molar-refractivity contribution in [3.8, 4) is 0 Å². The number of aromatic nitrogens is 2.